The molecule has 0 saturated heterocycles. The number of aromatic hydroxyl groups is 2. The van der Waals surface area contributed by atoms with Gasteiger partial charge in [-0.05, 0) is 60.0 Å². The number of para-hydroxylation sites is 2. The number of hydrogen-bond acceptors (Lipinski definition) is 9. The van der Waals surface area contributed by atoms with Gasteiger partial charge in [-0.15, -0.1) is 0 Å². The van der Waals surface area contributed by atoms with Crippen molar-refractivity contribution in [2.45, 2.75) is 19.3 Å². The van der Waals surface area contributed by atoms with Gasteiger partial charge < -0.3 is 39.9 Å². The van der Waals surface area contributed by atoms with Crippen molar-refractivity contribution >= 4 is 40.0 Å². The van der Waals surface area contributed by atoms with E-state index >= 15 is 0 Å². The predicted octanol–water partition coefficient (Wildman–Crippen LogP) is 5.28. The Morgan fingerprint density at radius 1 is 0.870 bits per heavy atom. The lowest BCUT2D eigenvalue weighted by molar-refractivity contribution is 0.0454. The number of phenolic OH excluding ortho intramolecular Hbond substituents is 2. The van der Waals surface area contributed by atoms with Gasteiger partial charge in [-0.3, -0.25) is 4.79 Å². The number of fused-ring (bicyclic) bond motifs is 3. The lowest BCUT2D eigenvalue weighted by Crippen LogP contribution is -2.04. The Labute approximate surface area is 262 Å². The van der Waals surface area contributed by atoms with Crippen LogP contribution in [0.25, 0.3) is 21.8 Å². The van der Waals surface area contributed by atoms with E-state index in [0.29, 0.717) is 23.1 Å². The van der Waals surface area contributed by atoms with Gasteiger partial charge in [0, 0.05) is 44.5 Å². The Bertz CT molecular complexity index is 2010. The molecule has 0 aliphatic carbocycles. The summed E-state index contributed by atoms with van der Waals surface area (Å²) in [6.45, 7) is -0.110. The molecule has 11 heteroatoms. The molecule has 3 heterocycles. The summed E-state index contributed by atoms with van der Waals surface area (Å²) in [5.74, 6) is -1.00. The van der Waals surface area contributed by atoms with E-state index in [1.807, 2.05) is 54.6 Å². The minimum atomic E-state index is -0.632. The molecule has 1 aliphatic rings. The SMILES string of the molecule is COC(=O)c1ccc(O)cc1C=O.O=C1OC(c2c(CO)[nH]c3ccccc23)c2cc(O)ccc21.OCc1cc2ccccc2[nH]1. The largest absolute Gasteiger partial charge is 0.508 e. The topological polar surface area (TPSA) is 182 Å². The van der Waals surface area contributed by atoms with Crippen LogP contribution < -0.4 is 0 Å². The summed E-state index contributed by atoms with van der Waals surface area (Å²) in [5.41, 5.74) is 5.48. The molecule has 0 spiro atoms. The molecule has 6 N–H and O–H groups in total. The summed E-state index contributed by atoms with van der Waals surface area (Å²) in [6.07, 6.45) is -0.140. The number of hydrogen-bond donors (Lipinski definition) is 6. The summed E-state index contributed by atoms with van der Waals surface area (Å²) in [6, 6.07) is 25.9. The van der Waals surface area contributed by atoms with Crippen LogP contribution in [-0.4, -0.2) is 55.7 Å². The van der Waals surface area contributed by atoms with E-state index in [1.165, 1.54) is 37.4 Å². The number of phenols is 2. The zero-order valence-corrected chi connectivity index (χ0v) is 24.6. The summed E-state index contributed by atoms with van der Waals surface area (Å²) in [7, 11) is 1.23. The van der Waals surface area contributed by atoms with Crippen LogP contribution in [0.15, 0.2) is 91.0 Å². The maximum Gasteiger partial charge on any atom is 0.339 e. The molecule has 46 heavy (non-hydrogen) atoms. The molecule has 0 radical (unpaired) electrons. The number of aliphatic hydroxyl groups is 2. The molecule has 7 rings (SSSR count). The molecule has 6 aromatic rings. The van der Waals surface area contributed by atoms with Crippen molar-refractivity contribution in [1.82, 2.24) is 9.97 Å². The van der Waals surface area contributed by atoms with Gasteiger partial charge in [0.25, 0.3) is 0 Å². The van der Waals surface area contributed by atoms with Crippen molar-refractivity contribution in [1.29, 1.82) is 0 Å². The van der Waals surface area contributed by atoms with E-state index < -0.39 is 18.0 Å². The molecule has 2 aromatic heterocycles. The first-order valence-electron chi connectivity index (χ1n) is 14.1. The maximum absolute atomic E-state index is 12.0. The second-order valence-electron chi connectivity index (χ2n) is 10.2. The number of rotatable bonds is 5. The van der Waals surface area contributed by atoms with Crippen LogP contribution in [0.3, 0.4) is 0 Å². The van der Waals surface area contributed by atoms with Crippen LogP contribution in [0.1, 0.15) is 59.7 Å². The average Bonchev–Trinajstić information content (AvgIpc) is 3.77. The molecule has 1 unspecified atom stereocenters. The fourth-order valence-corrected chi connectivity index (χ4v) is 5.21. The third kappa shape index (κ3) is 6.46. The summed E-state index contributed by atoms with van der Waals surface area (Å²) >= 11 is 0. The molecule has 1 atom stereocenters. The molecule has 234 valence electrons. The van der Waals surface area contributed by atoms with Crippen molar-refractivity contribution in [2.75, 3.05) is 7.11 Å². The van der Waals surface area contributed by atoms with Gasteiger partial charge in [0.1, 0.15) is 11.5 Å². The number of ether oxygens (including phenoxy) is 2. The van der Waals surface area contributed by atoms with E-state index in [2.05, 4.69) is 14.7 Å². The lowest BCUT2D eigenvalue weighted by Gasteiger charge is -2.12. The number of cyclic esters (lactones) is 1. The monoisotopic (exact) mass is 622 g/mol. The fourth-order valence-electron chi connectivity index (χ4n) is 5.21. The van der Waals surface area contributed by atoms with Gasteiger partial charge >= 0.3 is 11.9 Å². The fraction of sp³-hybridized carbons (Fsp3) is 0.114. The number of carbonyl (C=O) groups excluding carboxylic acids is 3. The number of methoxy groups -OCH3 is 1. The highest BCUT2D eigenvalue weighted by molar-refractivity contribution is 5.98. The van der Waals surface area contributed by atoms with Gasteiger partial charge in [-0.2, -0.15) is 0 Å². The molecule has 4 aromatic carbocycles. The molecule has 0 bridgehead atoms. The van der Waals surface area contributed by atoms with Gasteiger partial charge in [-0.25, -0.2) is 9.59 Å². The van der Waals surface area contributed by atoms with Crippen LogP contribution in [-0.2, 0) is 22.7 Å². The van der Waals surface area contributed by atoms with Crippen molar-refractivity contribution < 1.29 is 44.3 Å². The first kappa shape index (κ1) is 31.5. The summed E-state index contributed by atoms with van der Waals surface area (Å²) < 4.78 is 9.94. The van der Waals surface area contributed by atoms with Gasteiger partial charge in [0.2, 0.25) is 0 Å². The molecule has 0 fully saturated rings. The normalized spacial score (nSPS) is 13.2. The van der Waals surface area contributed by atoms with Crippen LogP contribution in [0.5, 0.6) is 11.5 Å². The minimum absolute atomic E-state index is 0.0604. The third-order valence-electron chi connectivity index (χ3n) is 7.33. The predicted molar refractivity (Wildman–Crippen MR) is 169 cm³/mol. The number of aromatic nitrogens is 2. The highest BCUT2D eigenvalue weighted by Gasteiger charge is 2.35. The Morgan fingerprint density at radius 2 is 1.57 bits per heavy atom. The molecule has 11 nitrogen and oxygen atoms in total. The highest BCUT2D eigenvalue weighted by atomic mass is 16.5. The van der Waals surface area contributed by atoms with E-state index in [4.69, 9.17) is 14.9 Å². The highest BCUT2D eigenvalue weighted by Crippen LogP contribution is 2.41. The Hall–Kier alpha value is -5.91. The second kappa shape index (κ2) is 13.8. The van der Waals surface area contributed by atoms with E-state index in [1.54, 1.807) is 6.07 Å². The molecular formula is C35H30N2O9. The van der Waals surface area contributed by atoms with Gasteiger partial charge in [-0.1, -0.05) is 36.4 Å². The van der Waals surface area contributed by atoms with Gasteiger partial charge in [0.15, 0.2) is 12.4 Å². The molecule has 1 aliphatic heterocycles. The van der Waals surface area contributed by atoms with Crippen LogP contribution in [0.4, 0.5) is 0 Å². The van der Waals surface area contributed by atoms with E-state index in [9.17, 15) is 24.6 Å². The first-order chi connectivity index (χ1) is 22.3. The van der Waals surface area contributed by atoms with Crippen molar-refractivity contribution in [3.8, 4) is 11.5 Å². The Kier molecular flexibility index (Phi) is 9.46. The van der Waals surface area contributed by atoms with Crippen LogP contribution >= 0.6 is 0 Å². The van der Waals surface area contributed by atoms with Crippen molar-refractivity contribution in [3.63, 3.8) is 0 Å². The van der Waals surface area contributed by atoms with Crippen LogP contribution in [0.2, 0.25) is 0 Å². The van der Waals surface area contributed by atoms with Gasteiger partial charge in [0.05, 0.1) is 31.5 Å². The number of aromatic amines is 2. The van der Waals surface area contributed by atoms with E-state index in [0.717, 1.165) is 33.1 Å². The number of benzene rings is 4. The smallest absolute Gasteiger partial charge is 0.339 e. The number of esters is 2. The van der Waals surface area contributed by atoms with E-state index in [-0.39, 0.29) is 35.8 Å². The minimum Gasteiger partial charge on any atom is -0.508 e. The molecule has 0 amide bonds. The Morgan fingerprint density at radius 3 is 2.26 bits per heavy atom. The second-order valence-corrected chi connectivity index (χ2v) is 10.2. The third-order valence-corrected chi connectivity index (χ3v) is 7.33. The molecule has 0 saturated carbocycles. The standard InChI is InChI=1S/C17H13NO4.C9H9NO.C9H8O4/c19-8-14-15(11-3-1-2-4-13(11)18-14)16-12-7-9(20)5-6-10(12)17(21)22-16;11-6-8-5-7-3-1-2-4-9(7)10-8;1-13-9(12)8-3-2-7(11)4-6(8)5-10/h1-7,16,18-20H,8H2;1-5,10-11H,6H2;2-5,11H,1H3. The number of nitrogens with one attached hydrogen (secondary N) is 2. The number of aliphatic hydroxyl groups excluding tert-OH is 2. The van der Waals surface area contributed by atoms with Crippen LogP contribution in [0, 0.1) is 0 Å². The first-order valence-corrected chi connectivity index (χ1v) is 14.1. The number of aldehydes is 1. The van der Waals surface area contributed by atoms with Crippen molar-refractivity contribution in [3.05, 3.63) is 130 Å². The Balaban J connectivity index is 0.000000148. The molecular weight excluding hydrogens is 592 g/mol. The zero-order chi connectivity index (χ0) is 32.8. The maximum atomic E-state index is 12.0. The average molecular weight is 623 g/mol. The summed E-state index contributed by atoms with van der Waals surface area (Å²) in [5, 5.41) is 39.2. The number of H-pyrrole nitrogens is 2. The quantitative estimate of drug-likeness (QED) is 0.110. The zero-order valence-electron chi connectivity index (χ0n) is 24.6. The van der Waals surface area contributed by atoms with Crippen molar-refractivity contribution in [2.24, 2.45) is 0 Å². The summed E-state index contributed by atoms with van der Waals surface area (Å²) in [4.78, 5) is 39.8. The lowest BCUT2D eigenvalue weighted by atomic mass is 9.96. The number of carbonyl (C=O) groups is 3.